The number of carbonyl (C=O) groups is 2. The number of rotatable bonds is 6. The highest BCUT2D eigenvalue weighted by molar-refractivity contribution is 5.90. The molecule has 140 valence electrons. The van der Waals surface area contributed by atoms with E-state index in [0.29, 0.717) is 6.42 Å². The molecular formula is C19H21F3N2O2. The molecule has 0 aromatic heterocycles. The Morgan fingerprint density at radius 2 is 1.69 bits per heavy atom. The van der Waals surface area contributed by atoms with Gasteiger partial charge in [-0.1, -0.05) is 56.3 Å². The molecule has 0 unspecified atom stereocenters. The SMILES string of the molecule is CC(C)[C@H](NC(=O)C(F)(F)F)C(=O)NCCc1ccc2ccccc2c1. The molecule has 2 N–H and O–H groups in total. The highest BCUT2D eigenvalue weighted by Crippen LogP contribution is 2.17. The summed E-state index contributed by atoms with van der Waals surface area (Å²) in [5.74, 6) is -3.21. The Balaban J connectivity index is 1.93. The van der Waals surface area contributed by atoms with Crippen LogP contribution in [0.25, 0.3) is 10.8 Å². The van der Waals surface area contributed by atoms with Crippen LogP contribution in [0.5, 0.6) is 0 Å². The summed E-state index contributed by atoms with van der Waals surface area (Å²) < 4.78 is 37.2. The van der Waals surface area contributed by atoms with Gasteiger partial charge in [0.15, 0.2) is 0 Å². The number of nitrogens with one attached hydrogen (secondary N) is 2. The average Bonchev–Trinajstić information content (AvgIpc) is 2.58. The average molecular weight is 366 g/mol. The zero-order chi connectivity index (χ0) is 19.3. The molecule has 0 saturated heterocycles. The standard InChI is InChI=1S/C19H21F3N2O2/c1-12(2)16(24-18(26)19(20,21)22)17(25)23-10-9-13-7-8-14-5-3-4-6-15(14)11-13/h3-8,11-12,16H,9-10H2,1-2H3,(H,23,25)(H,24,26)/t16-/m0/s1. The van der Waals surface area contributed by atoms with Crippen LogP contribution in [0.1, 0.15) is 19.4 Å². The fourth-order valence-corrected chi connectivity index (χ4v) is 2.59. The first kappa shape index (κ1) is 19.8. The van der Waals surface area contributed by atoms with E-state index in [4.69, 9.17) is 0 Å². The molecular weight excluding hydrogens is 345 g/mol. The second kappa shape index (κ2) is 8.21. The molecule has 0 bridgehead atoms. The third-order valence-electron chi connectivity index (χ3n) is 4.02. The van der Waals surface area contributed by atoms with Gasteiger partial charge in [0.1, 0.15) is 6.04 Å². The summed E-state index contributed by atoms with van der Waals surface area (Å²) in [5.41, 5.74) is 1.00. The molecule has 2 aromatic rings. The number of alkyl halides is 3. The lowest BCUT2D eigenvalue weighted by Crippen LogP contribution is -2.53. The first-order chi connectivity index (χ1) is 12.2. The zero-order valence-corrected chi connectivity index (χ0v) is 14.6. The maximum absolute atomic E-state index is 12.4. The van der Waals surface area contributed by atoms with Crippen LogP contribution in [-0.4, -0.2) is 30.6 Å². The molecule has 0 spiro atoms. The molecule has 4 nitrogen and oxygen atoms in total. The minimum atomic E-state index is -5.02. The molecule has 0 aliphatic heterocycles. The lowest BCUT2D eigenvalue weighted by Gasteiger charge is -2.22. The van der Waals surface area contributed by atoms with Crippen LogP contribution >= 0.6 is 0 Å². The van der Waals surface area contributed by atoms with E-state index in [0.717, 1.165) is 16.3 Å². The van der Waals surface area contributed by atoms with Gasteiger partial charge in [0.05, 0.1) is 0 Å². The van der Waals surface area contributed by atoms with Crippen LogP contribution in [0.15, 0.2) is 42.5 Å². The quantitative estimate of drug-likeness (QED) is 0.825. The molecule has 0 heterocycles. The summed E-state index contributed by atoms with van der Waals surface area (Å²) in [4.78, 5) is 23.2. The Kier molecular flexibility index (Phi) is 6.23. The first-order valence-corrected chi connectivity index (χ1v) is 8.31. The lowest BCUT2D eigenvalue weighted by molar-refractivity contribution is -0.175. The van der Waals surface area contributed by atoms with E-state index < -0.39 is 30.0 Å². The fourth-order valence-electron chi connectivity index (χ4n) is 2.59. The van der Waals surface area contributed by atoms with Crippen molar-refractivity contribution in [2.75, 3.05) is 6.54 Å². The van der Waals surface area contributed by atoms with Gasteiger partial charge in [0.25, 0.3) is 0 Å². The molecule has 2 rings (SSSR count). The van der Waals surface area contributed by atoms with Crippen molar-refractivity contribution in [2.45, 2.75) is 32.5 Å². The van der Waals surface area contributed by atoms with Gasteiger partial charge in [-0.15, -0.1) is 0 Å². The monoisotopic (exact) mass is 366 g/mol. The number of benzene rings is 2. The van der Waals surface area contributed by atoms with E-state index in [-0.39, 0.29) is 6.54 Å². The van der Waals surface area contributed by atoms with Gasteiger partial charge in [-0.05, 0) is 28.7 Å². The number of halogens is 3. The molecule has 1 atom stereocenters. The predicted octanol–water partition coefficient (Wildman–Crippen LogP) is 3.20. The van der Waals surface area contributed by atoms with Crippen LogP contribution in [0.3, 0.4) is 0 Å². The van der Waals surface area contributed by atoms with Crippen molar-refractivity contribution in [1.82, 2.24) is 10.6 Å². The van der Waals surface area contributed by atoms with Crippen molar-refractivity contribution in [3.05, 3.63) is 48.0 Å². The van der Waals surface area contributed by atoms with Crippen molar-refractivity contribution in [2.24, 2.45) is 5.92 Å². The Labute approximate surface area is 149 Å². The third-order valence-corrected chi connectivity index (χ3v) is 4.02. The summed E-state index contributed by atoms with van der Waals surface area (Å²) in [5, 5.41) is 6.53. The maximum Gasteiger partial charge on any atom is 0.471 e. The summed E-state index contributed by atoms with van der Waals surface area (Å²) in [6.07, 6.45) is -4.48. The second-order valence-corrected chi connectivity index (χ2v) is 6.42. The number of fused-ring (bicyclic) bond motifs is 1. The predicted molar refractivity (Wildman–Crippen MR) is 93.5 cm³/mol. The maximum atomic E-state index is 12.4. The van der Waals surface area contributed by atoms with Crippen LogP contribution < -0.4 is 10.6 Å². The van der Waals surface area contributed by atoms with Crippen molar-refractivity contribution >= 4 is 22.6 Å². The van der Waals surface area contributed by atoms with Gasteiger partial charge in [0.2, 0.25) is 5.91 Å². The summed E-state index contributed by atoms with van der Waals surface area (Å²) in [6, 6.07) is 12.6. The van der Waals surface area contributed by atoms with E-state index in [1.807, 2.05) is 42.5 Å². The summed E-state index contributed by atoms with van der Waals surface area (Å²) >= 11 is 0. The van der Waals surface area contributed by atoms with E-state index in [1.165, 1.54) is 0 Å². The van der Waals surface area contributed by atoms with Crippen molar-refractivity contribution in [1.29, 1.82) is 0 Å². The number of hydrogen-bond acceptors (Lipinski definition) is 2. The Hall–Kier alpha value is -2.57. The minimum Gasteiger partial charge on any atom is -0.354 e. The van der Waals surface area contributed by atoms with Crippen molar-refractivity contribution < 1.29 is 22.8 Å². The Morgan fingerprint density at radius 3 is 2.31 bits per heavy atom. The van der Waals surface area contributed by atoms with Crippen molar-refractivity contribution in [3.8, 4) is 0 Å². The van der Waals surface area contributed by atoms with E-state index in [2.05, 4.69) is 5.32 Å². The van der Waals surface area contributed by atoms with E-state index in [9.17, 15) is 22.8 Å². The third kappa shape index (κ3) is 5.21. The largest absolute Gasteiger partial charge is 0.471 e. The molecule has 0 aliphatic rings. The minimum absolute atomic E-state index is 0.266. The molecule has 26 heavy (non-hydrogen) atoms. The lowest BCUT2D eigenvalue weighted by atomic mass is 10.0. The molecule has 7 heteroatoms. The summed E-state index contributed by atoms with van der Waals surface area (Å²) in [7, 11) is 0. The van der Waals surface area contributed by atoms with E-state index in [1.54, 1.807) is 19.2 Å². The van der Waals surface area contributed by atoms with Gasteiger partial charge >= 0.3 is 12.1 Å². The molecule has 2 aromatic carbocycles. The highest BCUT2D eigenvalue weighted by Gasteiger charge is 2.41. The Bertz CT molecular complexity index is 788. The van der Waals surface area contributed by atoms with E-state index >= 15 is 0 Å². The molecule has 0 aliphatic carbocycles. The Morgan fingerprint density at radius 1 is 1.04 bits per heavy atom. The second-order valence-electron chi connectivity index (χ2n) is 6.42. The van der Waals surface area contributed by atoms with Crippen LogP contribution in [-0.2, 0) is 16.0 Å². The normalized spacial score (nSPS) is 12.8. The van der Waals surface area contributed by atoms with Gasteiger partial charge in [-0.2, -0.15) is 13.2 Å². The van der Waals surface area contributed by atoms with Gasteiger partial charge in [-0.3, -0.25) is 9.59 Å². The summed E-state index contributed by atoms with van der Waals surface area (Å²) in [6.45, 7) is 3.41. The van der Waals surface area contributed by atoms with Crippen LogP contribution in [0.2, 0.25) is 0 Å². The van der Waals surface area contributed by atoms with Gasteiger partial charge in [0, 0.05) is 6.54 Å². The topological polar surface area (TPSA) is 58.2 Å². The van der Waals surface area contributed by atoms with Gasteiger partial charge < -0.3 is 10.6 Å². The number of amides is 2. The van der Waals surface area contributed by atoms with Crippen LogP contribution in [0.4, 0.5) is 13.2 Å². The smallest absolute Gasteiger partial charge is 0.354 e. The zero-order valence-electron chi connectivity index (χ0n) is 14.6. The molecule has 2 amide bonds. The van der Waals surface area contributed by atoms with Gasteiger partial charge in [-0.25, -0.2) is 0 Å². The first-order valence-electron chi connectivity index (χ1n) is 8.31. The molecule has 0 saturated carbocycles. The number of carbonyl (C=O) groups excluding carboxylic acids is 2. The van der Waals surface area contributed by atoms with Crippen LogP contribution in [0, 0.1) is 5.92 Å². The molecule has 0 fully saturated rings. The molecule has 0 radical (unpaired) electrons. The fraction of sp³-hybridized carbons (Fsp3) is 0.368. The number of hydrogen-bond donors (Lipinski definition) is 2. The highest BCUT2D eigenvalue weighted by atomic mass is 19.4. The van der Waals surface area contributed by atoms with Crippen molar-refractivity contribution in [3.63, 3.8) is 0 Å².